The molecule has 3 nitrogen and oxygen atoms in total. The molecule has 0 bridgehead atoms. The average Bonchev–Trinajstić information content (AvgIpc) is 2.61. The van der Waals surface area contributed by atoms with Gasteiger partial charge in [-0.05, 0) is 23.6 Å². The zero-order valence-electron chi connectivity index (χ0n) is 12.9. The summed E-state index contributed by atoms with van der Waals surface area (Å²) >= 11 is 0. The van der Waals surface area contributed by atoms with E-state index >= 15 is 0 Å². The number of ether oxygens (including phenoxy) is 1. The molecule has 1 aliphatic rings. The highest BCUT2D eigenvalue weighted by molar-refractivity contribution is 5.73. The molecule has 0 spiro atoms. The molecule has 120 valence electrons. The molecule has 2 unspecified atom stereocenters. The van der Waals surface area contributed by atoms with Crippen LogP contribution in [0.2, 0.25) is 0 Å². The molecular weight excluding hydrogens is 293 g/mol. The van der Waals surface area contributed by atoms with Crippen molar-refractivity contribution in [2.75, 3.05) is 13.1 Å². The summed E-state index contributed by atoms with van der Waals surface area (Å²) in [7, 11) is 0. The molecule has 2 aromatic carbocycles. The summed E-state index contributed by atoms with van der Waals surface area (Å²) in [6.45, 7) is 1.54. The maximum Gasteiger partial charge on any atom is 0.310 e. The minimum atomic E-state index is -0.239. The van der Waals surface area contributed by atoms with Crippen LogP contribution in [-0.4, -0.2) is 19.1 Å². The van der Waals surface area contributed by atoms with Crippen molar-refractivity contribution < 1.29 is 13.9 Å². The van der Waals surface area contributed by atoms with Gasteiger partial charge in [0.05, 0.1) is 5.92 Å². The number of hydrogen-bond acceptors (Lipinski definition) is 3. The minimum Gasteiger partial charge on any atom is -0.461 e. The van der Waals surface area contributed by atoms with Gasteiger partial charge in [0.2, 0.25) is 0 Å². The molecule has 1 heterocycles. The molecule has 0 aromatic heterocycles. The molecule has 1 saturated heterocycles. The molecule has 1 aliphatic heterocycles. The number of benzene rings is 2. The van der Waals surface area contributed by atoms with E-state index in [9.17, 15) is 9.18 Å². The van der Waals surface area contributed by atoms with Crippen LogP contribution in [0, 0.1) is 11.7 Å². The first kappa shape index (κ1) is 15.7. The van der Waals surface area contributed by atoms with Crippen LogP contribution in [0.5, 0.6) is 0 Å². The molecule has 0 radical (unpaired) electrons. The van der Waals surface area contributed by atoms with E-state index in [4.69, 9.17) is 4.74 Å². The van der Waals surface area contributed by atoms with Gasteiger partial charge in [-0.2, -0.15) is 0 Å². The summed E-state index contributed by atoms with van der Waals surface area (Å²) in [6.07, 6.45) is 0.613. The number of esters is 1. The lowest BCUT2D eigenvalue weighted by molar-refractivity contribution is -0.150. The third-order valence-electron chi connectivity index (χ3n) is 4.25. The molecule has 4 heteroatoms. The molecule has 23 heavy (non-hydrogen) atoms. The Kier molecular flexibility index (Phi) is 5.03. The summed E-state index contributed by atoms with van der Waals surface area (Å²) < 4.78 is 19.3. The van der Waals surface area contributed by atoms with Gasteiger partial charge in [0.15, 0.2) is 0 Å². The van der Waals surface area contributed by atoms with Crippen molar-refractivity contribution >= 4 is 5.97 Å². The third kappa shape index (κ3) is 3.96. The average molecular weight is 313 g/mol. The Hall–Kier alpha value is -2.20. The molecule has 0 amide bonds. The predicted octanol–water partition coefficient (Wildman–Crippen LogP) is 3.26. The molecular formula is C19H20FNO2. The van der Waals surface area contributed by atoms with Crippen LogP contribution >= 0.6 is 0 Å². The van der Waals surface area contributed by atoms with Crippen LogP contribution in [0.1, 0.15) is 23.5 Å². The number of hydrogen-bond donors (Lipinski definition) is 1. The van der Waals surface area contributed by atoms with Crippen LogP contribution in [0.25, 0.3) is 0 Å². The molecule has 3 rings (SSSR count). The highest BCUT2D eigenvalue weighted by Crippen LogP contribution is 2.29. The summed E-state index contributed by atoms with van der Waals surface area (Å²) in [5.74, 6) is -0.670. The molecule has 2 aromatic rings. The zero-order chi connectivity index (χ0) is 16.1. The van der Waals surface area contributed by atoms with Crippen LogP contribution in [0.4, 0.5) is 4.39 Å². The molecule has 0 aliphatic carbocycles. The molecule has 1 fully saturated rings. The van der Waals surface area contributed by atoms with Crippen LogP contribution < -0.4 is 5.32 Å². The number of rotatable bonds is 4. The van der Waals surface area contributed by atoms with Gasteiger partial charge in [-0.1, -0.05) is 48.5 Å². The van der Waals surface area contributed by atoms with Crippen molar-refractivity contribution in [2.24, 2.45) is 5.92 Å². The lowest BCUT2D eigenvalue weighted by Gasteiger charge is -2.29. The maximum absolute atomic E-state index is 13.9. The van der Waals surface area contributed by atoms with Crippen molar-refractivity contribution in [1.82, 2.24) is 5.32 Å². The monoisotopic (exact) mass is 313 g/mol. The van der Waals surface area contributed by atoms with Gasteiger partial charge >= 0.3 is 5.97 Å². The first-order valence-corrected chi connectivity index (χ1v) is 7.89. The summed E-state index contributed by atoms with van der Waals surface area (Å²) in [5, 5.41) is 3.22. The van der Waals surface area contributed by atoms with E-state index in [0.29, 0.717) is 25.1 Å². The van der Waals surface area contributed by atoms with Gasteiger partial charge in [-0.25, -0.2) is 4.39 Å². The normalized spacial score (nSPS) is 20.9. The highest BCUT2D eigenvalue weighted by Gasteiger charge is 2.30. The Balaban J connectivity index is 1.60. The van der Waals surface area contributed by atoms with E-state index in [1.807, 2.05) is 36.4 Å². The molecule has 0 saturated carbocycles. The second-order valence-corrected chi connectivity index (χ2v) is 5.90. The summed E-state index contributed by atoms with van der Waals surface area (Å²) in [6, 6.07) is 16.4. The van der Waals surface area contributed by atoms with Crippen molar-refractivity contribution in [1.29, 1.82) is 0 Å². The first-order chi connectivity index (χ1) is 11.2. The minimum absolute atomic E-state index is 0.000717. The largest absolute Gasteiger partial charge is 0.461 e. The van der Waals surface area contributed by atoms with E-state index in [-0.39, 0.29) is 30.2 Å². The van der Waals surface area contributed by atoms with Crippen molar-refractivity contribution in [3.63, 3.8) is 0 Å². The van der Waals surface area contributed by atoms with E-state index in [0.717, 1.165) is 5.56 Å². The maximum atomic E-state index is 13.9. The Bertz CT molecular complexity index is 659. The smallest absolute Gasteiger partial charge is 0.310 e. The van der Waals surface area contributed by atoms with E-state index in [1.165, 1.54) is 6.07 Å². The fourth-order valence-corrected chi connectivity index (χ4v) is 3.01. The second kappa shape index (κ2) is 7.38. The molecule has 2 atom stereocenters. The van der Waals surface area contributed by atoms with Crippen molar-refractivity contribution in [3.8, 4) is 0 Å². The van der Waals surface area contributed by atoms with Gasteiger partial charge in [0.1, 0.15) is 12.4 Å². The Morgan fingerprint density at radius 2 is 1.83 bits per heavy atom. The van der Waals surface area contributed by atoms with Crippen LogP contribution in [0.15, 0.2) is 54.6 Å². The zero-order valence-corrected chi connectivity index (χ0v) is 12.9. The number of carbonyl (C=O) groups is 1. The molecule has 1 N–H and O–H groups in total. The van der Waals surface area contributed by atoms with Crippen molar-refractivity contribution in [2.45, 2.75) is 18.9 Å². The second-order valence-electron chi connectivity index (χ2n) is 5.90. The lowest BCUT2D eigenvalue weighted by Crippen LogP contribution is -2.39. The fraction of sp³-hybridized carbons (Fsp3) is 0.316. The summed E-state index contributed by atoms with van der Waals surface area (Å²) in [4.78, 5) is 12.3. The van der Waals surface area contributed by atoms with E-state index < -0.39 is 0 Å². The number of nitrogens with one attached hydrogen (secondary N) is 1. The predicted molar refractivity (Wildman–Crippen MR) is 86.4 cm³/mol. The fourth-order valence-electron chi connectivity index (χ4n) is 3.01. The Labute approximate surface area is 135 Å². The van der Waals surface area contributed by atoms with E-state index in [1.54, 1.807) is 12.1 Å². The first-order valence-electron chi connectivity index (χ1n) is 7.89. The quantitative estimate of drug-likeness (QED) is 0.881. The van der Waals surface area contributed by atoms with Gasteiger partial charge in [-0.3, -0.25) is 4.79 Å². The van der Waals surface area contributed by atoms with Gasteiger partial charge in [-0.15, -0.1) is 0 Å². The third-order valence-corrected chi connectivity index (χ3v) is 4.25. The van der Waals surface area contributed by atoms with Crippen molar-refractivity contribution in [3.05, 3.63) is 71.5 Å². The Morgan fingerprint density at radius 3 is 2.61 bits per heavy atom. The van der Waals surface area contributed by atoms with E-state index in [2.05, 4.69) is 5.32 Å². The lowest BCUT2D eigenvalue weighted by atomic mass is 9.85. The standard InChI is InChI=1S/C19H20FNO2/c20-18-9-5-4-8-17(18)15-10-16(12-21-11-15)19(22)23-13-14-6-2-1-3-7-14/h1-9,15-16,21H,10-13H2. The van der Waals surface area contributed by atoms with Gasteiger partial charge in [0.25, 0.3) is 0 Å². The van der Waals surface area contributed by atoms with Gasteiger partial charge in [0, 0.05) is 19.0 Å². The summed E-state index contributed by atoms with van der Waals surface area (Å²) in [5.41, 5.74) is 1.64. The number of halogens is 1. The highest BCUT2D eigenvalue weighted by atomic mass is 19.1. The topological polar surface area (TPSA) is 38.3 Å². The SMILES string of the molecule is O=C(OCc1ccccc1)C1CNCC(c2ccccc2F)C1. The van der Waals surface area contributed by atoms with Crippen LogP contribution in [0.3, 0.4) is 0 Å². The Morgan fingerprint density at radius 1 is 1.09 bits per heavy atom. The van der Waals surface area contributed by atoms with Crippen LogP contribution in [-0.2, 0) is 16.1 Å². The number of carbonyl (C=O) groups excluding carboxylic acids is 1. The number of piperidine rings is 1. The van der Waals surface area contributed by atoms with Gasteiger partial charge < -0.3 is 10.1 Å².